The molecule has 1 amide bonds. The van der Waals surface area contributed by atoms with Gasteiger partial charge in [0.05, 0.1) is 6.04 Å². The molecular formula is C15H24N2O. The van der Waals surface area contributed by atoms with Crippen LogP contribution in [0.15, 0.2) is 24.3 Å². The number of carbonyl (C=O) groups is 1. The van der Waals surface area contributed by atoms with Crippen molar-refractivity contribution in [1.29, 1.82) is 0 Å². The van der Waals surface area contributed by atoms with Crippen molar-refractivity contribution in [1.82, 2.24) is 5.32 Å². The van der Waals surface area contributed by atoms with Gasteiger partial charge in [0.1, 0.15) is 0 Å². The van der Waals surface area contributed by atoms with Crippen LogP contribution in [-0.2, 0) is 11.2 Å². The van der Waals surface area contributed by atoms with Crippen LogP contribution in [0.1, 0.15) is 31.9 Å². The predicted octanol–water partition coefficient (Wildman–Crippen LogP) is 2.03. The Balaban J connectivity index is 2.43. The molecule has 18 heavy (non-hydrogen) atoms. The summed E-state index contributed by atoms with van der Waals surface area (Å²) in [5.41, 5.74) is 8.21. The summed E-state index contributed by atoms with van der Waals surface area (Å²) in [4.78, 5) is 11.8. The molecule has 0 saturated carbocycles. The van der Waals surface area contributed by atoms with Crippen LogP contribution >= 0.6 is 0 Å². The molecule has 3 heteroatoms. The highest BCUT2D eigenvalue weighted by Crippen LogP contribution is 2.17. The summed E-state index contributed by atoms with van der Waals surface area (Å²) in [5.74, 6) is -0.0731. The molecule has 0 aliphatic rings. The summed E-state index contributed by atoms with van der Waals surface area (Å²) in [6.45, 7) is 8.63. The normalized spacial score (nSPS) is 13.2. The lowest BCUT2D eigenvalue weighted by molar-refractivity contribution is -0.124. The maximum Gasteiger partial charge on any atom is 0.237 e. The van der Waals surface area contributed by atoms with Gasteiger partial charge in [0, 0.05) is 6.54 Å². The molecule has 3 nitrogen and oxygen atoms in total. The fourth-order valence-electron chi connectivity index (χ4n) is 1.71. The predicted molar refractivity (Wildman–Crippen MR) is 75.3 cm³/mol. The lowest BCUT2D eigenvalue weighted by Crippen LogP contribution is -2.49. The van der Waals surface area contributed by atoms with Crippen LogP contribution in [-0.4, -0.2) is 18.5 Å². The first-order valence-electron chi connectivity index (χ1n) is 6.40. The number of amides is 1. The fourth-order valence-corrected chi connectivity index (χ4v) is 1.71. The zero-order valence-electron chi connectivity index (χ0n) is 11.8. The van der Waals surface area contributed by atoms with Gasteiger partial charge in [-0.05, 0) is 29.9 Å². The summed E-state index contributed by atoms with van der Waals surface area (Å²) in [6.07, 6.45) is 0.843. The average Bonchev–Trinajstić information content (AvgIpc) is 2.29. The molecular weight excluding hydrogens is 224 g/mol. The molecule has 0 spiro atoms. The summed E-state index contributed by atoms with van der Waals surface area (Å²) in [7, 11) is 0. The van der Waals surface area contributed by atoms with E-state index in [4.69, 9.17) is 5.73 Å². The van der Waals surface area contributed by atoms with Crippen LogP contribution in [0, 0.1) is 12.3 Å². The summed E-state index contributed by atoms with van der Waals surface area (Å²) in [5, 5.41) is 2.90. The third-order valence-electron chi connectivity index (χ3n) is 3.17. The van der Waals surface area contributed by atoms with E-state index in [-0.39, 0.29) is 11.3 Å². The second-order valence-electron chi connectivity index (χ2n) is 5.81. The van der Waals surface area contributed by atoms with E-state index in [0.29, 0.717) is 6.54 Å². The van der Waals surface area contributed by atoms with E-state index < -0.39 is 6.04 Å². The van der Waals surface area contributed by atoms with E-state index in [0.717, 1.165) is 6.42 Å². The quantitative estimate of drug-likeness (QED) is 0.856. The van der Waals surface area contributed by atoms with Crippen LogP contribution in [0.2, 0.25) is 0 Å². The molecule has 0 aromatic heterocycles. The van der Waals surface area contributed by atoms with E-state index in [9.17, 15) is 4.79 Å². The fraction of sp³-hybridized carbons (Fsp3) is 0.533. The Hall–Kier alpha value is -1.35. The third kappa shape index (κ3) is 4.15. The van der Waals surface area contributed by atoms with Crippen LogP contribution in [0.4, 0.5) is 0 Å². The molecule has 0 saturated heterocycles. The summed E-state index contributed by atoms with van der Waals surface area (Å²) in [6, 6.07) is 7.75. The van der Waals surface area contributed by atoms with Gasteiger partial charge in [-0.3, -0.25) is 4.79 Å². The van der Waals surface area contributed by atoms with Crippen molar-refractivity contribution in [3.63, 3.8) is 0 Å². The highest BCUT2D eigenvalue weighted by Gasteiger charge is 2.26. The van der Waals surface area contributed by atoms with Gasteiger partial charge in [-0.15, -0.1) is 0 Å². The van der Waals surface area contributed by atoms with Gasteiger partial charge in [0.25, 0.3) is 0 Å². The van der Waals surface area contributed by atoms with Crippen molar-refractivity contribution in [3.05, 3.63) is 35.4 Å². The second kappa shape index (κ2) is 6.01. The smallest absolute Gasteiger partial charge is 0.237 e. The van der Waals surface area contributed by atoms with Gasteiger partial charge in [-0.1, -0.05) is 45.0 Å². The first-order valence-corrected chi connectivity index (χ1v) is 6.40. The zero-order chi connectivity index (χ0) is 13.8. The standard InChI is InChI=1S/C15H24N2O/c1-11-7-5-6-8-12(11)9-10-17-14(18)13(16)15(2,3)4/h5-8,13H,9-10,16H2,1-4H3,(H,17,18)/t13-/m1/s1. The Morgan fingerprint density at radius 2 is 1.94 bits per heavy atom. The molecule has 1 aromatic rings. The second-order valence-corrected chi connectivity index (χ2v) is 5.81. The van der Waals surface area contributed by atoms with E-state index in [1.807, 2.05) is 32.9 Å². The van der Waals surface area contributed by atoms with Gasteiger partial charge < -0.3 is 11.1 Å². The first-order chi connectivity index (χ1) is 8.32. The molecule has 0 aliphatic heterocycles. The molecule has 1 aromatic carbocycles. The maximum atomic E-state index is 11.8. The minimum Gasteiger partial charge on any atom is -0.354 e. The van der Waals surface area contributed by atoms with Crippen molar-refractivity contribution >= 4 is 5.91 Å². The molecule has 3 N–H and O–H groups in total. The maximum absolute atomic E-state index is 11.8. The van der Waals surface area contributed by atoms with Crippen molar-refractivity contribution in [3.8, 4) is 0 Å². The van der Waals surface area contributed by atoms with E-state index in [1.165, 1.54) is 11.1 Å². The molecule has 0 heterocycles. The van der Waals surface area contributed by atoms with Gasteiger partial charge in [-0.2, -0.15) is 0 Å². The highest BCUT2D eigenvalue weighted by molar-refractivity contribution is 5.82. The minimum absolute atomic E-state index is 0.0731. The van der Waals surface area contributed by atoms with E-state index in [2.05, 4.69) is 24.4 Å². The number of hydrogen-bond acceptors (Lipinski definition) is 2. The summed E-state index contributed by atoms with van der Waals surface area (Å²) < 4.78 is 0. The Morgan fingerprint density at radius 3 is 2.50 bits per heavy atom. The molecule has 0 fully saturated rings. The number of aryl methyl sites for hydroxylation is 1. The van der Waals surface area contributed by atoms with E-state index in [1.54, 1.807) is 0 Å². The van der Waals surface area contributed by atoms with Crippen LogP contribution in [0.25, 0.3) is 0 Å². The number of rotatable bonds is 4. The molecule has 1 atom stereocenters. The number of nitrogens with one attached hydrogen (secondary N) is 1. The van der Waals surface area contributed by atoms with Crippen molar-refractivity contribution in [2.24, 2.45) is 11.1 Å². The van der Waals surface area contributed by atoms with Crippen LogP contribution in [0.5, 0.6) is 0 Å². The number of hydrogen-bond donors (Lipinski definition) is 2. The highest BCUT2D eigenvalue weighted by atomic mass is 16.2. The van der Waals surface area contributed by atoms with Crippen molar-refractivity contribution in [2.75, 3.05) is 6.54 Å². The van der Waals surface area contributed by atoms with Crippen LogP contribution < -0.4 is 11.1 Å². The largest absolute Gasteiger partial charge is 0.354 e. The van der Waals surface area contributed by atoms with Gasteiger partial charge in [0.15, 0.2) is 0 Å². The molecule has 0 bridgehead atoms. The number of benzene rings is 1. The average molecular weight is 248 g/mol. The third-order valence-corrected chi connectivity index (χ3v) is 3.17. The van der Waals surface area contributed by atoms with Gasteiger partial charge >= 0.3 is 0 Å². The number of carbonyl (C=O) groups excluding carboxylic acids is 1. The first kappa shape index (κ1) is 14.7. The Morgan fingerprint density at radius 1 is 1.33 bits per heavy atom. The SMILES string of the molecule is Cc1ccccc1CCNC(=O)[C@@H](N)C(C)(C)C. The summed E-state index contributed by atoms with van der Waals surface area (Å²) >= 11 is 0. The molecule has 0 unspecified atom stereocenters. The van der Waals surface area contributed by atoms with Crippen LogP contribution in [0.3, 0.4) is 0 Å². The lowest BCUT2D eigenvalue weighted by Gasteiger charge is -2.25. The molecule has 1 rings (SSSR count). The molecule has 100 valence electrons. The Bertz CT molecular complexity index is 407. The molecule has 0 radical (unpaired) electrons. The molecule has 0 aliphatic carbocycles. The Labute approximate surface area is 110 Å². The topological polar surface area (TPSA) is 55.1 Å². The van der Waals surface area contributed by atoms with Crippen molar-refractivity contribution in [2.45, 2.75) is 40.2 Å². The lowest BCUT2D eigenvalue weighted by atomic mass is 9.87. The van der Waals surface area contributed by atoms with E-state index >= 15 is 0 Å². The number of nitrogens with two attached hydrogens (primary N) is 1. The van der Waals surface area contributed by atoms with Crippen molar-refractivity contribution < 1.29 is 4.79 Å². The van der Waals surface area contributed by atoms with Gasteiger partial charge in [-0.25, -0.2) is 0 Å². The Kier molecular flexibility index (Phi) is 4.91. The minimum atomic E-state index is -0.464. The zero-order valence-corrected chi connectivity index (χ0v) is 11.8. The monoisotopic (exact) mass is 248 g/mol. The van der Waals surface area contributed by atoms with Gasteiger partial charge in [0.2, 0.25) is 5.91 Å².